The van der Waals surface area contributed by atoms with Gasteiger partial charge in [-0.05, 0) is 6.42 Å². The molecule has 0 heterocycles. The van der Waals surface area contributed by atoms with Gasteiger partial charge in [-0.25, -0.2) is 8.78 Å². The fourth-order valence-corrected chi connectivity index (χ4v) is 1.86. The average molecular weight is 259 g/mol. The van der Waals surface area contributed by atoms with Crippen LogP contribution in [0.25, 0.3) is 0 Å². The second kappa shape index (κ2) is 6.43. The number of hydrogen-bond donors (Lipinski definition) is 2. The monoisotopic (exact) mass is 259 g/mol. The van der Waals surface area contributed by atoms with E-state index in [1.807, 2.05) is 11.6 Å². The van der Waals surface area contributed by atoms with Crippen LogP contribution in [0.4, 0.5) is 8.78 Å². The van der Waals surface area contributed by atoms with E-state index < -0.39 is 29.2 Å². The number of nitrogens with zero attached hydrogens (tertiary/aromatic N) is 1. The number of nitrogens with one attached hydrogen (secondary N) is 1. The van der Waals surface area contributed by atoms with Crippen LogP contribution in [0, 0.1) is 0 Å². The number of nitrogens with two attached hydrogens (primary N) is 1. The molecule has 0 saturated heterocycles. The Bertz CT molecular complexity index is 296. The predicted octanol–water partition coefficient (Wildman–Crippen LogP) is 0.147. The van der Waals surface area contributed by atoms with Gasteiger partial charge < -0.3 is 5.73 Å². The summed E-state index contributed by atoms with van der Waals surface area (Å²) in [5.41, 5.74) is 4.79. The Hall–Kier alpha value is -0.310. The molecule has 0 amide bonds. The summed E-state index contributed by atoms with van der Waals surface area (Å²) in [7, 11) is -2.48. The van der Waals surface area contributed by atoms with E-state index in [9.17, 15) is 17.2 Å². The molecule has 8 heteroatoms. The Balaban J connectivity index is 4.24. The summed E-state index contributed by atoms with van der Waals surface area (Å²) >= 11 is 0. The van der Waals surface area contributed by atoms with Crippen molar-refractivity contribution < 1.29 is 17.2 Å². The summed E-state index contributed by atoms with van der Waals surface area (Å²) in [6.45, 7) is 0.368. The summed E-state index contributed by atoms with van der Waals surface area (Å²) in [5.74, 6) is -3.21. The van der Waals surface area contributed by atoms with E-state index in [0.29, 0.717) is 13.0 Å². The van der Waals surface area contributed by atoms with E-state index in [1.54, 1.807) is 0 Å². The quantitative estimate of drug-likeness (QED) is 0.651. The third-order valence-corrected chi connectivity index (χ3v) is 3.56. The first kappa shape index (κ1) is 15.7. The molecule has 0 radical (unpaired) electrons. The van der Waals surface area contributed by atoms with Gasteiger partial charge in [-0.3, -0.25) is 0 Å². The lowest BCUT2D eigenvalue weighted by molar-refractivity contribution is 0.0167. The molecule has 0 aliphatic heterocycles. The second-order valence-corrected chi connectivity index (χ2v) is 5.42. The van der Waals surface area contributed by atoms with Gasteiger partial charge in [0.2, 0.25) is 0 Å². The summed E-state index contributed by atoms with van der Waals surface area (Å²) in [6, 6.07) is 0. The largest absolute Gasteiger partial charge is 0.325 e. The van der Waals surface area contributed by atoms with Crippen molar-refractivity contribution in [3.63, 3.8) is 0 Å². The van der Waals surface area contributed by atoms with Gasteiger partial charge in [0.1, 0.15) is 0 Å². The molecule has 0 aliphatic rings. The Morgan fingerprint density at radius 2 is 2.00 bits per heavy atom. The first-order chi connectivity index (χ1) is 7.25. The standard InChI is InChI=1S/C8H19F2N3O2S/c1-3-4-5-13(2)16(14,15)12-7-8(9,10)6-11/h12H,3-7,11H2,1-2H3. The predicted molar refractivity (Wildman–Crippen MR) is 58.5 cm³/mol. The van der Waals surface area contributed by atoms with E-state index in [0.717, 1.165) is 10.7 Å². The van der Waals surface area contributed by atoms with Crippen molar-refractivity contribution in [1.29, 1.82) is 0 Å². The number of halogens is 2. The van der Waals surface area contributed by atoms with Crippen LogP contribution in [0.1, 0.15) is 19.8 Å². The third-order valence-electron chi connectivity index (χ3n) is 2.05. The first-order valence-corrected chi connectivity index (χ1v) is 6.48. The maximum Gasteiger partial charge on any atom is 0.279 e. The van der Waals surface area contributed by atoms with Gasteiger partial charge in [0.25, 0.3) is 16.1 Å². The molecule has 16 heavy (non-hydrogen) atoms. The molecule has 98 valence electrons. The van der Waals surface area contributed by atoms with E-state index in [2.05, 4.69) is 0 Å². The Kier molecular flexibility index (Phi) is 6.31. The van der Waals surface area contributed by atoms with Crippen LogP contribution in [-0.4, -0.2) is 45.3 Å². The molecule has 0 aromatic rings. The lowest BCUT2D eigenvalue weighted by Crippen LogP contribution is -2.46. The van der Waals surface area contributed by atoms with E-state index in [1.165, 1.54) is 7.05 Å². The minimum absolute atomic E-state index is 0.306. The minimum atomic E-state index is -3.83. The molecule has 0 rings (SSSR count). The van der Waals surface area contributed by atoms with Crippen LogP contribution in [-0.2, 0) is 10.2 Å². The van der Waals surface area contributed by atoms with Gasteiger partial charge in [-0.2, -0.15) is 17.4 Å². The maximum atomic E-state index is 12.7. The Labute approximate surface area is 95.2 Å². The SMILES string of the molecule is CCCCN(C)S(=O)(=O)NCC(F)(F)CN. The van der Waals surface area contributed by atoms with Crippen LogP contribution in [0.2, 0.25) is 0 Å². The summed E-state index contributed by atoms with van der Waals surface area (Å²) in [4.78, 5) is 0. The van der Waals surface area contributed by atoms with Gasteiger partial charge >= 0.3 is 0 Å². The summed E-state index contributed by atoms with van der Waals surface area (Å²) < 4.78 is 51.2. The highest BCUT2D eigenvalue weighted by Gasteiger charge is 2.29. The zero-order valence-corrected chi connectivity index (χ0v) is 10.4. The smallest absolute Gasteiger partial charge is 0.279 e. The van der Waals surface area contributed by atoms with Crippen LogP contribution in [0.5, 0.6) is 0 Å². The molecule has 0 saturated carbocycles. The lowest BCUT2D eigenvalue weighted by Gasteiger charge is -2.20. The maximum absolute atomic E-state index is 12.7. The van der Waals surface area contributed by atoms with Crippen molar-refractivity contribution in [2.24, 2.45) is 5.73 Å². The molecule has 0 fully saturated rings. The molecule has 0 aliphatic carbocycles. The van der Waals surface area contributed by atoms with Crippen LogP contribution in [0.3, 0.4) is 0 Å². The summed E-state index contributed by atoms with van der Waals surface area (Å²) in [6.07, 6.45) is 1.52. The average Bonchev–Trinajstić information content (AvgIpc) is 2.23. The van der Waals surface area contributed by atoms with Crippen molar-refractivity contribution in [2.75, 3.05) is 26.7 Å². The Morgan fingerprint density at radius 3 is 2.44 bits per heavy atom. The molecule has 0 unspecified atom stereocenters. The van der Waals surface area contributed by atoms with Crippen molar-refractivity contribution in [3.05, 3.63) is 0 Å². The van der Waals surface area contributed by atoms with E-state index in [4.69, 9.17) is 5.73 Å². The van der Waals surface area contributed by atoms with Crippen LogP contribution in [0.15, 0.2) is 0 Å². The van der Waals surface area contributed by atoms with Crippen molar-refractivity contribution in [2.45, 2.75) is 25.7 Å². The molecule has 5 nitrogen and oxygen atoms in total. The fourth-order valence-electron chi connectivity index (χ4n) is 0.880. The zero-order valence-electron chi connectivity index (χ0n) is 9.54. The molecular weight excluding hydrogens is 240 g/mol. The van der Waals surface area contributed by atoms with Gasteiger partial charge in [0, 0.05) is 13.6 Å². The molecule has 0 spiro atoms. The fraction of sp³-hybridized carbons (Fsp3) is 1.00. The van der Waals surface area contributed by atoms with Crippen LogP contribution >= 0.6 is 0 Å². The molecule has 0 aromatic carbocycles. The van der Waals surface area contributed by atoms with Gasteiger partial charge in [0.05, 0.1) is 13.1 Å². The van der Waals surface area contributed by atoms with E-state index in [-0.39, 0.29) is 0 Å². The zero-order chi connectivity index (χ0) is 12.8. The van der Waals surface area contributed by atoms with E-state index >= 15 is 0 Å². The second-order valence-electron chi connectivity index (χ2n) is 3.56. The van der Waals surface area contributed by atoms with Gasteiger partial charge in [-0.15, -0.1) is 0 Å². The molecule has 0 bridgehead atoms. The summed E-state index contributed by atoms with van der Waals surface area (Å²) in [5, 5.41) is 0. The highest BCUT2D eigenvalue weighted by Crippen LogP contribution is 2.10. The highest BCUT2D eigenvalue weighted by molar-refractivity contribution is 7.87. The molecule has 0 aromatic heterocycles. The van der Waals surface area contributed by atoms with Crippen LogP contribution < -0.4 is 10.5 Å². The van der Waals surface area contributed by atoms with Gasteiger partial charge in [0.15, 0.2) is 0 Å². The molecule has 3 N–H and O–H groups in total. The number of hydrogen-bond acceptors (Lipinski definition) is 3. The normalized spacial score (nSPS) is 13.4. The van der Waals surface area contributed by atoms with Crippen molar-refractivity contribution in [3.8, 4) is 0 Å². The number of alkyl halides is 2. The molecule has 0 atom stereocenters. The topological polar surface area (TPSA) is 75.4 Å². The number of unbranched alkanes of at least 4 members (excludes halogenated alkanes) is 1. The van der Waals surface area contributed by atoms with Gasteiger partial charge in [-0.1, -0.05) is 13.3 Å². The van der Waals surface area contributed by atoms with Crippen molar-refractivity contribution >= 4 is 10.2 Å². The molecular formula is C8H19F2N3O2S. The first-order valence-electron chi connectivity index (χ1n) is 5.04. The Morgan fingerprint density at radius 1 is 1.44 bits per heavy atom. The number of rotatable bonds is 8. The lowest BCUT2D eigenvalue weighted by atomic mass is 10.3. The third kappa shape index (κ3) is 5.69. The minimum Gasteiger partial charge on any atom is -0.325 e. The van der Waals surface area contributed by atoms with Crippen molar-refractivity contribution in [1.82, 2.24) is 9.03 Å². The highest BCUT2D eigenvalue weighted by atomic mass is 32.2.